The summed E-state index contributed by atoms with van der Waals surface area (Å²) in [6.45, 7) is 0. The van der Waals surface area contributed by atoms with E-state index in [-0.39, 0.29) is 11.1 Å². The third-order valence-corrected chi connectivity index (χ3v) is 7.06. The van der Waals surface area contributed by atoms with E-state index in [9.17, 15) is 19.1 Å². The molecule has 0 radical (unpaired) electrons. The van der Waals surface area contributed by atoms with Gasteiger partial charge in [0.1, 0.15) is 27.2 Å². The van der Waals surface area contributed by atoms with E-state index in [1.165, 1.54) is 29.0 Å². The lowest BCUT2D eigenvalue weighted by molar-refractivity contribution is -0.139. The van der Waals surface area contributed by atoms with Crippen molar-refractivity contribution in [1.29, 1.82) is 0 Å². The Bertz CT molecular complexity index is 1400. The fourth-order valence-electron chi connectivity index (χ4n) is 4.15. The number of aliphatic carboxylic acids is 1. The first-order valence-corrected chi connectivity index (χ1v) is 11.6. The second kappa shape index (κ2) is 8.49. The molecule has 1 saturated carbocycles. The molecule has 1 atom stereocenters. The smallest absolute Gasteiger partial charge is 0.326 e. The molecule has 4 aromatic rings. The molecule has 0 aliphatic heterocycles. The van der Waals surface area contributed by atoms with Gasteiger partial charge in [-0.05, 0) is 48.7 Å². The van der Waals surface area contributed by atoms with Crippen LogP contribution in [0.1, 0.15) is 30.5 Å². The van der Waals surface area contributed by atoms with E-state index in [0.717, 1.165) is 23.4 Å². The molecule has 7 nitrogen and oxygen atoms in total. The zero-order valence-electron chi connectivity index (χ0n) is 18.0. The number of primary amides is 1. The summed E-state index contributed by atoms with van der Waals surface area (Å²) in [6, 6.07) is 17.3. The summed E-state index contributed by atoms with van der Waals surface area (Å²) in [5.74, 6) is -2.57. The Hall–Kier alpha value is -3.85. The highest BCUT2D eigenvalue weighted by molar-refractivity contribution is 7.21. The van der Waals surface area contributed by atoms with Crippen molar-refractivity contribution >= 4 is 39.2 Å². The molecule has 1 amide bonds. The Kier molecular flexibility index (Phi) is 5.49. The van der Waals surface area contributed by atoms with E-state index in [4.69, 9.17) is 10.7 Å². The predicted octanol–water partition coefficient (Wildman–Crippen LogP) is 4.32. The number of anilines is 1. The molecule has 1 fully saturated rings. The van der Waals surface area contributed by atoms with Gasteiger partial charge < -0.3 is 16.2 Å². The maximum Gasteiger partial charge on any atom is 0.326 e. The number of carboxylic acid groups (broad SMARTS) is 1. The van der Waals surface area contributed by atoms with Crippen molar-refractivity contribution in [2.45, 2.75) is 30.7 Å². The number of thiazole rings is 1. The maximum atomic E-state index is 14.9. The van der Waals surface area contributed by atoms with E-state index in [1.807, 2.05) is 30.3 Å². The molecule has 2 heterocycles. The molecule has 4 N–H and O–H groups in total. The second-order valence-electron chi connectivity index (χ2n) is 8.39. The van der Waals surface area contributed by atoms with Gasteiger partial charge in [-0.15, -0.1) is 0 Å². The van der Waals surface area contributed by atoms with Crippen LogP contribution in [0.3, 0.4) is 0 Å². The highest BCUT2D eigenvalue weighted by atomic mass is 32.1. The monoisotopic (exact) mass is 476 g/mol. The first kappa shape index (κ1) is 22.0. The van der Waals surface area contributed by atoms with Gasteiger partial charge in [0.2, 0.25) is 5.91 Å². The average Bonchev–Trinajstić information content (AvgIpc) is 3.52. The fourth-order valence-corrected chi connectivity index (χ4v) is 5.12. The van der Waals surface area contributed by atoms with Crippen LogP contribution in [0.4, 0.5) is 10.1 Å². The van der Waals surface area contributed by atoms with Crippen LogP contribution in [0.25, 0.3) is 20.9 Å². The molecule has 0 saturated heterocycles. The molecular weight excluding hydrogens is 455 g/mol. The summed E-state index contributed by atoms with van der Waals surface area (Å²) in [5, 5.41) is 12.4. The van der Waals surface area contributed by atoms with Crippen LogP contribution in [-0.4, -0.2) is 33.0 Å². The highest BCUT2D eigenvalue weighted by Gasteiger charge is 2.47. The van der Waals surface area contributed by atoms with Gasteiger partial charge in [-0.1, -0.05) is 41.7 Å². The normalized spacial score (nSPS) is 15.1. The Labute approximate surface area is 198 Å². The molecule has 9 heteroatoms. The van der Waals surface area contributed by atoms with Gasteiger partial charge in [-0.2, -0.15) is 0 Å². The maximum absolute atomic E-state index is 14.9. The number of amides is 1. The summed E-state index contributed by atoms with van der Waals surface area (Å²) in [6.07, 6.45) is 1.67. The van der Waals surface area contributed by atoms with Crippen molar-refractivity contribution in [1.82, 2.24) is 9.97 Å². The van der Waals surface area contributed by atoms with Crippen molar-refractivity contribution in [2.75, 3.05) is 5.32 Å². The summed E-state index contributed by atoms with van der Waals surface area (Å²) >= 11 is 1.31. The van der Waals surface area contributed by atoms with Crippen molar-refractivity contribution in [3.8, 4) is 10.6 Å². The standard InChI is InChI=1S/C25H21FN4O3S/c26-17-12-15(28-19(24(32)33)13-21(27)31)6-7-16(17)22-29-18-8-9-20(30-23(18)34-22)25(10-11-25)14-4-2-1-3-5-14/h1-9,12,19,28H,10-11,13H2,(H2,27,31)(H,32,33)/t19-/m0/s1. The van der Waals surface area contributed by atoms with E-state index in [1.54, 1.807) is 6.07 Å². The number of rotatable bonds is 8. The Balaban J connectivity index is 1.42. The van der Waals surface area contributed by atoms with Gasteiger partial charge in [0, 0.05) is 16.7 Å². The molecule has 2 aromatic carbocycles. The summed E-state index contributed by atoms with van der Waals surface area (Å²) < 4.78 is 14.9. The fraction of sp³-hybridized carbons (Fsp3) is 0.200. The molecule has 5 rings (SSSR count). The van der Waals surface area contributed by atoms with Crippen LogP contribution >= 0.6 is 11.3 Å². The SMILES string of the molecule is NC(=O)C[C@H](Nc1ccc(-c2nc3ccc(C4(c5ccccc5)CC4)nc3s2)c(F)c1)C(=O)O. The van der Waals surface area contributed by atoms with Crippen LogP contribution in [0.2, 0.25) is 0 Å². The van der Waals surface area contributed by atoms with Crippen LogP contribution in [0, 0.1) is 5.82 Å². The molecule has 34 heavy (non-hydrogen) atoms. The van der Waals surface area contributed by atoms with Gasteiger partial charge in [0.15, 0.2) is 0 Å². The molecular formula is C25H21FN4O3S. The first-order valence-electron chi connectivity index (χ1n) is 10.8. The number of aromatic nitrogens is 2. The van der Waals surface area contributed by atoms with E-state index in [0.29, 0.717) is 16.1 Å². The lowest BCUT2D eigenvalue weighted by Gasteiger charge is -2.14. The van der Waals surface area contributed by atoms with Crippen molar-refractivity contribution < 1.29 is 19.1 Å². The van der Waals surface area contributed by atoms with Crippen LogP contribution in [-0.2, 0) is 15.0 Å². The third kappa shape index (κ3) is 4.10. The summed E-state index contributed by atoms with van der Waals surface area (Å²) in [4.78, 5) is 32.6. The lowest BCUT2D eigenvalue weighted by Crippen LogP contribution is -2.34. The number of pyridine rings is 1. The van der Waals surface area contributed by atoms with E-state index >= 15 is 0 Å². The number of carbonyl (C=O) groups is 2. The first-order chi connectivity index (χ1) is 16.4. The number of benzene rings is 2. The van der Waals surface area contributed by atoms with E-state index in [2.05, 4.69) is 22.4 Å². The molecule has 172 valence electrons. The van der Waals surface area contributed by atoms with Crippen LogP contribution in [0.5, 0.6) is 0 Å². The zero-order valence-corrected chi connectivity index (χ0v) is 18.8. The van der Waals surface area contributed by atoms with E-state index < -0.39 is 30.2 Å². The Morgan fingerprint density at radius 2 is 1.88 bits per heavy atom. The molecule has 1 aliphatic rings. The lowest BCUT2D eigenvalue weighted by atomic mass is 9.92. The number of fused-ring (bicyclic) bond motifs is 1. The molecule has 1 aliphatic carbocycles. The number of carboxylic acids is 1. The quantitative estimate of drug-likeness (QED) is 0.349. The number of nitrogens with one attached hydrogen (secondary N) is 1. The minimum atomic E-state index is -1.25. The Morgan fingerprint density at radius 3 is 2.53 bits per heavy atom. The van der Waals surface area contributed by atoms with Gasteiger partial charge in [0.25, 0.3) is 0 Å². The third-order valence-electron chi connectivity index (χ3n) is 6.07. The second-order valence-corrected chi connectivity index (χ2v) is 9.37. The topological polar surface area (TPSA) is 118 Å². The zero-order chi connectivity index (χ0) is 23.9. The van der Waals surface area contributed by atoms with Crippen molar-refractivity contribution in [3.05, 3.63) is 77.7 Å². The number of halogens is 1. The largest absolute Gasteiger partial charge is 0.480 e. The number of hydrogen-bond acceptors (Lipinski definition) is 6. The van der Waals surface area contributed by atoms with Gasteiger partial charge in [0.05, 0.1) is 12.1 Å². The minimum absolute atomic E-state index is 0.0657. The van der Waals surface area contributed by atoms with Crippen molar-refractivity contribution in [2.24, 2.45) is 5.73 Å². The molecule has 0 bridgehead atoms. The average molecular weight is 477 g/mol. The van der Waals surface area contributed by atoms with Crippen molar-refractivity contribution in [3.63, 3.8) is 0 Å². The number of hydrogen-bond donors (Lipinski definition) is 3. The number of carbonyl (C=O) groups excluding carboxylic acids is 1. The molecule has 0 unspecified atom stereocenters. The van der Waals surface area contributed by atoms with Gasteiger partial charge >= 0.3 is 5.97 Å². The van der Waals surface area contributed by atoms with Crippen LogP contribution in [0.15, 0.2) is 60.7 Å². The summed E-state index contributed by atoms with van der Waals surface area (Å²) in [5.41, 5.74) is 8.49. The minimum Gasteiger partial charge on any atom is -0.480 e. The number of nitrogens with two attached hydrogens (primary N) is 1. The van der Waals surface area contributed by atoms with Crippen LogP contribution < -0.4 is 11.1 Å². The number of nitrogens with zero attached hydrogens (tertiary/aromatic N) is 2. The highest BCUT2D eigenvalue weighted by Crippen LogP contribution is 2.53. The van der Waals surface area contributed by atoms with Gasteiger partial charge in [-0.3, -0.25) is 4.79 Å². The Morgan fingerprint density at radius 1 is 1.12 bits per heavy atom. The predicted molar refractivity (Wildman–Crippen MR) is 128 cm³/mol. The van der Waals surface area contributed by atoms with Gasteiger partial charge in [-0.25, -0.2) is 19.2 Å². The molecule has 2 aromatic heterocycles. The molecule has 0 spiro atoms. The summed E-state index contributed by atoms with van der Waals surface area (Å²) in [7, 11) is 0.